The summed E-state index contributed by atoms with van der Waals surface area (Å²) in [6.45, 7) is 0. The summed E-state index contributed by atoms with van der Waals surface area (Å²) in [6.07, 6.45) is -1.02. The number of nitrogens with zero attached hydrogens (tertiary/aromatic N) is 1. The molecule has 7 heteroatoms. The van der Waals surface area contributed by atoms with Crippen LogP contribution in [0.2, 0.25) is 0 Å². The predicted octanol–water partition coefficient (Wildman–Crippen LogP) is 0.965. The van der Waals surface area contributed by atoms with Gasteiger partial charge in [0.1, 0.15) is 6.10 Å². The fourth-order valence-electron chi connectivity index (χ4n) is 3.16. The minimum absolute atomic E-state index is 0.0886. The molecule has 1 saturated carbocycles. The number of fused-ring (bicyclic) bond motifs is 1. The van der Waals surface area contributed by atoms with Gasteiger partial charge < -0.3 is 19.3 Å². The molecule has 1 saturated heterocycles. The Balaban J connectivity index is 1.95. The number of nitro groups is 1. The largest absolute Gasteiger partial charge is 0.493 e. The van der Waals surface area contributed by atoms with Gasteiger partial charge in [0.2, 0.25) is 6.04 Å². The van der Waals surface area contributed by atoms with Crippen LogP contribution in [0.25, 0.3) is 0 Å². The van der Waals surface area contributed by atoms with E-state index >= 15 is 0 Å². The van der Waals surface area contributed by atoms with E-state index in [-0.39, 0.29) is 6.10 Å². The van der Waals surface area contributed by atoms with E-state index < -0.39 is 29.1 Å². The number of benzene rings is 1. The second-order valence-corrected chi connectivity index (χ2v) is 5.36. The van der Waals surface area contributed by atoms with Crippen LogP contribution in [-0.4, -0.2) is 48.6 Å². The van der Waals surface area contributed by atoms with Gasteiger partial charge in [-0.3, -0.25) is 10.1 Å². The zero-order valence-electron chi connectivity index (χ0n) is 11.8. The molecule has 1 aliphatic heterocycles. The molecule has 114 valence electrons. The van der Waals surface area contributed by atoms with Crippen LogP contribution < -0.4 is 9.47 Å². The number of ether oxygens (including phenoxy) is 3. The van der Waals surface area contributed by atoms with E-state index in [1.807, 2.05) is 0 Å². The summed E-state index contributed by atoms with van der Waals surface area (Å²) in [7, 11) is 3.05. The van der Waals surface area contributed by atoms with Crippen molar-refractivity contribution in [1.29, 1.82) is 0 Å². The van der Waals surface area contributed by atoms with Crippen molar-refractivity contribution in [2.24, 2.45) is 0 Å². The molecule has 1 aromatic carbocycles. The summed E-state index contributed by atoms with van der Waals surface area (Å²) in [5.74, 6) is 0.680. The van der Waals surface area contributed by atoms with Gasteiger partial charge >= 0.3 is 0 Å². The van der Waals surface area contributed by atoms with Crippen molar-refractivity contribution >= 4 is 0 Å². The van der Waals surface area contributed by atoms with Gasteiger partial charge in [-0.1, -0.05) is 6.07 Å². The molecule has 7 nitrogen and oxygen atoms in total. The normalized spacial score (nSPS) is 34.0. The maximum atomic E-state index is 11.3. The average molecular weight is 295 g/mol. The van der Waals surface area contributed by atoms with Crippen LogP contribution in [0.15, 0.2) is 18.2 Å². The Morgan fingerprint density at radius 1 is 1.33 bits per heavy atom. The van der Waals surface area contributed by atoms with Crippen molar-refractivity contribution < 1.29 is 24.2 Å². The molecule has 21 heavy (non-hydrogen) atoms. The SMILES string of the molecule is COc1ccc([C@@H]2C[C@@H]3O[C@@H]3[C@H](O)[C@H]2[N+](=O)[O-])cc1OC. The van der Waals surface area contributed by atoms with Crippen molar-refractivity contribution in [2.45, 2.75) is 36.7 Å². The lowest BCUT2D eigenvalue weighted by Gasteiger charge is -2.27. The molecule has 2 aliphatic rings. The number of epoxide rings is 1. The summed E-state index contributed by atoms with van der Waals surface area (Å²) in [5, 5.41) is 21.4. The number of rotatable bonds is 4. The van der Waals surface area contributed by atoms with Crippen LogP contribution >= 0.6 is 0 Å². The Hall–Kier alpha value is -1.86. The lowest BCUT2D eigenvalue weighted by molar-refractivity contribution is -0.540. The number of hydrogen-bond donors (Lipinski definition) is 1. The summed E-state index contributed by atoms with van der Waals surface area (Å²) < 4.78 is 15.7. The molecule has 0 bridgehead atoms. The first-order chi connectivity index (χ1) is 10.1. The third kappa shape index (κ3) is 2.32. The molecule has 1 aromatic rings. The van der Waals surface area contributed by atoms with Crippen molar-refractivity contribution in [3.63, 3.8) is 0 Å². The summed E-state index contributed by atoms with van der Waals surface area (Å²) >= 11 is 0. The van der Waals surface area contributed by atoms with Crippen molar-refractivity contribution in [3.8, 4) is 11.5 Å². The molecular formula is C14H17NO6. The summed E-state index contributed by atoms with van der Waals surface area (Å²) in [6, 6.07) is 4.16. The lowest BCUT2D eigenvalue weighted by Crippen LogP contribution is -2.46. The molecule has 0 spiro atoms. The Kier molecular flexibility index (Phi) is 3.46. The predicted molar refractivity (Wildman–Crippen MR) is 72.4 cm³/mol. The van der Waals surface area contributed by atoms with E-state index in [0.717, 1.165) is 5.56 Å². The highest BCUT2D eigenvalue weighted by Crippen LogP contribution is 2.46. The molecular weight excluding hydrogens is 278 g/mol. The van der Waals surface area contributed by atoms with Gasteiger partial charge in [0.05, 0.1) is 26.2 Å². The molecule has 2 fully saturated rings. The molecule has 0 aromatic heterocycles. The maximum Gasteiger partial charge on any atom is 0.248 e. The van der Waals surface area contributed by atoms with Gasteiger partial charge in [-0.25, -0.2) is 0 Å². The van der Waals surface area contributed by atoms with Crippen LogP contribution in [0.3, 0.4) is 0 Å². The Morgan fingerprint density at radius 3 is 2.67 bits per heavy atom. The van der Waals surface area contributed by atoms with Crippen LogP contribution in [-0.2, 0) is 4.74 Å². The number of aliphatic hydroxyl groups excluding tert-OH is 1. The van der Waals surface area contributed by atoms with Crippen LogP contribution in [0.4, 0.5) is 0 Å². The van der Waals surface area contributed by atoms with Crippen molar-refractivity contribution in [1.82, 2.24) is 0 Å². The van der Waals surface area contributed by atoms with E-state index in [1.54, 1.807) is 18.2 Å². The number of aliphatic hydroxyl groups is 1. The Bertz CT molecular complexity index is 562. The van der Waals surface area contributed by atoms with E-state index in [4.69, 9.17) is 14.2 Å². The van der Waals surface area contributed by atoms with E-state index in [9.17, 15) is 15.2 Å². The summed E-state index contributed by atoms with van der Waals surface area (Å²) in [4.78, 5) is 10.9. The van der Waals surface area contributed by atoms with Gasteiger partial charge in [-0.05, 0) is 24.1 Å². The molecule has 0 radical (unpaired) electrons. The highest BCUT2D eigenvalue weighted by atomic mass is 16.6. The first kappa shape index (κ1) is 14.1. The van der Waals surface area contributed by atoms with Crippen molar-refractivity contribution in [3.05, 3.63) is 33.9 Å². The highest BCUT2D eigenvalue weighted by Gasteiger charge is 2.60. The van der Waals surface area contributed by atoms with Crippen molar-refractivity contribution in [2.75, 3.05) is 14.2 Å². The maximum absolute atomic E-state index is 11.3. The fourth-order valence-corrected chi connectivity index (χ4v) is 3.16. The van der Waals surface area contributed by atoms with Gasteiger partial charge in [0.15, 0.2) is 17.6 Å². The summed E-state index contributed by atoms with van der Waals surface area (Å²) in [5.41, 5.74) is 0.752. The van der Waals surface area contributed by atoms with Gasteiger partial charge in [-0.2, -0.15) is 0 Å². The van der Waals surface area contributed by atoms with Crippen LogP contribution in [0.1, 0.15) is 17.9 Å². The molecule has 5 atom stereocenters. The fraction of sp³-hybridized carbons (Fsp3) is 0.571. The smallest absolute Gasteiger partial charge is 0.248 e. The lowest BCUT2D eigenvalue weighted by atomic mass is 9.78. The average Bonchev–Trinajstić information content (AvgIpc) is 3.25. The third-order valence-corrected chi connectivity index (χ3v) is 4.29. The minimum atomic E-state index is -1.07. The third-order valence-electron chi connectivity index (χ3n) is 4.29. The highest BCUT2D eigenvalue weighted by molar-refractivity contribution is 5.44. The molecule has 3 rings (SSSR count). The van der Waals surface area contributed by atoms with Crippen LogP contribution in [0.5, 0.6) is 11.5 Å². The minimum Gasteiger partial charge on any atom is -0.493 e. The van der Waals surface area contributed by atoms with Crippen LogP contribution in [0, 0.1) is 10.1 Å². The molecule has 1 aliphatic carbocycles. The van der Waals surface area contributed by atoms with E-state index in [2.05, 4.69) is 0 Å². The van der Waals surface area contributed by atoms with E-state index in [0.29, 0.717) is 17.9 Å². The topological polar surface area (TPSA) is 94.4 Å². The van der Waals surface area contributed by atoms with Gasteiger partial charge in [-0.15, -0.1) is 0 Å². The molecule has 0 unspecified atom stereocenters. The zero-order valence-corrected chi connectivity index (χ0v) is 11.8. The molecule has 1 heterocycles. The van der Waals surface area contributed by atoms with E-state index in [1.165, 1.54) is 14.2 Å². The molecule has 1 N–H and O–H groups in total. The first-order valence-corrected chi connectivity index (χ1v) is 6.75. The van der Waals surface area contributed by atoms with Gasteiger partial charge in [0, 0.05) is 4.92 Å². The Morgan fingerprint density at radius 2 is 2.05 bits per heavy atom. The first-order valence-electron chi connectivity index (χ1n) is 6.75. The molecule has 0 amide bonds. The quantitative estimate of drug-likeness (QED) is 0.505. The standard InChI is InChI=1S/C14H17NO6/c1-19-9-4-3-7(5-10(9)20-2)8-6-11-14(21-11)13(16)12(8)15(17)18/h3-5,8,11-14,16H,6H2,1-2H3/t8-,11-,12-,13+,14-/m0/s1. The zero-order chi connectivity index (χ0) is 15.1. The van der Waals surface area contributed by atoms with Gasteiger partial charge in [0.25, 0.3) is 0 Å². The number of hydrogen-bond acceptors (Lipinski definition) is 6. The monoisotopic (exact) mass is 295 g/mol. The Labute approximate surface area is 121 Å². The second-order valence-electron chi connectivity index (χ2n) is 5.36. The second kappa shape index (κ2) is 5.16. The number of methoxy groups -OCH3 is 2.